The van der Waals surface area contributed by atoms with Gasteiger partial charge in [-0.1, -0.05) is 50.6 Å². The Morgan fingerprint density at radius 1 is 0.806 bits per heavy atom. The Bertz CT molecular complexity index is 1100. The smallest absolute Gasteiger partial charge is 0.258 e. The first-order valence-electron chi connectivity index (χ1n) is 10.0. The van der Waals surface area contributed by atoms with Crippen LogP contribution in [0.5, 0.6) is 0 Å². The minimum absolute atomic E-state index is 0.00770. The van der Waals surface area contributed by atoms with Gasteiger partial charge in [0.2, 0.25) is 5.95 Å². The Kier molecular flexibility index (Phi) is 6.34. The quantitative estimate of drug-likeness (QED) is 0.563. The van der Waals surface area contributed by atoms with E-state index >= 15 is 0 Å². The summed E-state index contributed by atoms with van der Waals surface area (Å²) in [6.45, 7) is 8.27. The minimum Gasteiger partial charge on any atom is -0.373 e. The highest BCUT2D eigenvalue weighted by molar-refractivity contribution is 6.05. The van der Waals surface area contributed by atoms with Gasteiger partial charge in [-0.05, 0) is 42.2 Å². The molecule has 3 N–H and O–H groups in total. The standard InChI is InChI=1S/C24H27N5O2/c1-15-7-6-8-17(13-15)22(31)29-23-27-19(25-5)14-20(28-23)26-21(30)16-9-11-18(12-10-16)24(2,3)4/h6-14H,1-5H3,(H3,25,26,27,28,29,30,31). The van der Waals surface area contributed by atoms with Crippen molar-refractivity contribution in [2.75, 3.05) is 23.0 Å². The van der Waals surface area contributed by atoms with E-state index in [-0.39, 0.29) is 29.0 Å². The molecule has 0 bridgehead atoms. The van der Waals surface area contributed by atoms with Crippen molar-refractivity contribution in [3.05, 3.63) is 76.9 Å². The second kappa shape index (κ2) is 8.95. The van der Waals surface area contributed by atoms with Gasteiger partial charge in [0.25, 0.3) is 11.8 Å². The maximum absolute atomic E-state index is 12.7. The van der Waals surface area contributed by atoms with Crippen LogP contribution in [0.3, 0.4) is 0 Å². The molecule has 3 rings (SSSR count). The second-order valence-corrected chi connectivity index (χ2v) is 8.32. The van der Waals surface area contributed by atoms with Crippen molar-refractivity contribution in [1.29, 1.82) is 0 Å². The van der Waals surface area contributed by atoms with Crippen molar-refractivity contribution < 1.29 is 9.59 Å². The number of benzene rings is 2. The summed E-state index contributed by atoms with van der Waals surface area (Å²) in [5.74, 6) is 0.220. The number of amides is 2. The maximum Gasteiger partial charge on any atom is 0.258 e. The van der Waals surface area contributed by atoms with Gasteiger partial charge in [0.05, 0.1) is 0 Å². The fourth-order valence-electron chi connectivity index (χ4n) is 2.97. The van der Waals surface area contributed by atoms with E-state index in [9.17, 15) is 9.59 Å². The first kappa shape index (κ1) is 22.0. The van der Waals surface area contributed by atoms with Gasteiger partial charge < -0.3 is 10.6 Å². The topological polar surface area (TPSA) is 96.0 Å². The van der Waals surface area contributed by atoms with E-state index in [1.807, 2.05) is 31.2 Å². The van der Waals surface area contributed by atoms with Gasteiger partial charge in [-0.25, -0.2) is 0 Å². The zero-order valence-electron chi connectivity index (χ0n) is 18.4. The van der Waals surface area contributed by atoms with E-state index < -0.39 is 0 Å². The lowest BCUT2D eigenvalue weighted by atomic mass is 9.87. The normalized spacial score (nSPS) is 11.0. The number of aryl methyl sites for hydroxylation is 1. The third-order valence-electron chi connectivity index (χ3n) is 4.74. The van der Waals surface area contributed by atoms with E-state index in [0.29, 0.717) is 16.9 Å². The summed E-state index contributed by atoms with van der Waals surface area (Å²) in [5.41, 5.74) is 3.15. The van der Waals surface area contributed by atoms with E-state index in [0.717, 1.165) is 11.1 Å². The molecule has 0 saturated heterocycles. The maximum atomic E-state index is 12.7. The minimum atomic E-state index is -0.327. The molecular formula is C24H27N5O2. The molecule has 2 aromatic carbocycles. The zero-order valence-corrected chi connectivity index (χ0v) is 18.4. The number of carbonyl (C=O) groups is 2. The average Bonchev–Trinajstić information content (AvgIpc) is 2.73. The number of nitrogens with one attached hydrogen (secondary N) is 3. The fourth-order valence-corrected chi connectivity index (χ4v) is 2.97. The number of aromatic nitrogens is 2. The predicted octanol–water partition coefficient (Wildman–Crippen LogP) is 4.63. The number of carbonyl (C=O) groups excluding carboxylic acids is 2. The van der Waals surface area contributed by atoms with Crippen LogP contribution in [0.2, 0.25) is 0 Å². The van der Waals surface area contributed by atoms with E-state index in [2.05, 4.69) is 46.7 Å². The van der Waals surface area contributed by atoms with Crippen LogP contribution in [0.4, 0.5) is 17.6 Å². The van der Waals surface area contributed by atoms with Gasteiger partial charge in [-0.15, -0.1) is 0 Å². The van der Waals surface area contributed by atoms with Crippen molar-refractivity contribution >= 4 is 29.4 Å². The van der Waals surface area contributed by atoms with Crippen molar-refractivity contribution in [2.45, 2.75) is 33.1 Å². The molecule has 0 unspecified atom stereocenters. The second-order valence-electron chi connectivity index (χ2n) is 8.32. The Hall–Kier alpha value is -3.74. The molecule has 0 radical (unpaired) electrons. The molecule has 0 aliphatic carbocycles. The predicted molar refractivity (Wildman–Crippen MR) is 124 cm³/mol. The van der Waals surface area contributed by atoms with Crippen LogP contribution in [0.25, 0.3) is 0 Å². The SMILES string of the molecule is CNc1cc(NC(=O)c2ccc(C(C)(C)C)cc2)nc(NC(=O)c2cccc(C)c2)n1. The summed E-state index contributed by atoms with van der Waals surface area (Å²) < 4.78 is 0. The molecule has 160 valence electrons. The molecule has 0 saturated carbocycles. The summed E-state index contributed by atoms with van der Waals surface area (Å²) in [6, 6.07) is 16.3. The van der Waals surface area contributed by atoms with Crippen molar-refractivity contribution in [3.63, 3.8) is 0 Å². The molecule has 0 atom stereocenters. The number of anilines is 3. The molecule has 2 amide bonds. The van der Waals surface area contributed by atoms with Crippen LogP contribution in [-0.4, -0.2) is 28.8 Å². The first-order valence-corrected chi connectivity index (χ1v) is 10.0. The zero-order chi connectivity index (χ0) is 22.6. The molecule has 3 aromatic rings. The molecular weight excluding hydrogens is 390 g/mol. The van der Waals surface area contributed by atoms with Crippen LogP contribution in [-0.2, 0) is 5.41 Å². The van der Waals surface area contributed by atoms with Crippen LogP contribution in [0.15, 0.2) is 54.6 Å². The van der Waals surface area contributed by atoms with Gasteiger partial charge in [-0.2, -0.15) is 9.97 Å². The van der Waals surface area contributed by atoms with E-state index in [4.69, 9.17) is 0 Å². The Morgan fingerprint density at radius 2 is 1.45 bits per heavy atom. The Balaban J connectivity index is 1.78. The monoisotopic (exact) mass is 417 g/mol. The number of hydrogen-bond acceptors (Lipinski definition) is 5. The molecule has 31 heavy (non-hydrogen) atoms. The molecule has 0 aliphatic rings. The van der Waals surface area contributed by atoms with Gasteiger partial charge in [-0.3, -0.25) is 14.9 Å². The lowest BCUT2D eigenvalue weighted by Gasteiger charge is -2.19. The Morgan fingerprint density at radius 3 is 2.06 bits per heavy atom. The van der Waals surface area contributed by atoms with Gasteiger partial charge in [0.15, 0.2) is 0 Å². The molecule has 1 heterocycles. The number of nitrogens with zero attached hydrogens (tertiary/aromatic N) is 2. The largest absolute Gasteiger partial charge is 0.373 e. The summed E-state index contributed by atoms with van der Waals surface area (Å²) >= 11 is 0. The van der Waals surface area contributed by atoms with E-state index in [1.165, 1.54) is 0 Å². The Labute approximate surface area is 182 Å². The lowest BCUT2D eigenvalue weighted by Crippen LogP contribution is -2.18. The van der Waals surface area contributed by atoms with E-state index in [1.54, 1.807) is 37.4 Å². The van der Waals surface area contributed by atoms with Gasteiger partial charge in [0.1, 0.15) is 11.6 Å². The molecule has 7 heteroatoms. The van der Waals surface area contributed by atoms with Crippen LogP contribution in [0.1, 0.15) is 52.6 Å². The highest BCUT2D eigenvalue weighted by Crippen LogP contribution is 2.22. The highest BCUT2D eigenvalue weighted by Gasteiger charge is 2.16. The molecule has 0 fully saturated rings. The van der Waals surface area contributed by atoms with Crippen molar-refractivity contribution in [1.82, 2.24) is 9.97 Å². The molecule has 0 spiro atoms. The third kappa shape index (κ3) is 5.66. The van der Waals surface area contributed by atoms with Crippen LogP contribution < -0.4 is 16.0 Å². The van der Waals surface area contributed by atoms with Crippen molar-refractivity contribution in [2.24, 2.45) is 0 Å². The summed E-state index contributed by atoms with van der Waals surface area (Å²) in [6.07, 6.45) is 0. The third-order valence-corrected chi connectivity index (χ3v) is 4.74. The summed E-state index contributed by atoms with van der Waals surface area (Å²) in [5, 5.41) is 8.37. The first-order chi connectivity index (χ1) is 14.7. The number of hydrogen-bond donors (Lipinski definition) is 3. The highest BCUT2D eigenvalue weighted by atomic mass is 16.2. The van der Waals surface area contributed by atoms with Gasteiger partial charge in [0, 0.05) is 24.2 Å². The molecule has 1 aromatic heterocycles. The fraction of sp³-hybridized carbons (Fsp3) is 0.250. The van der Waals surface area contributed by atoms with Crippen LogP contribution in [0, 0.1) is 6.92 Å². The average molecular weight is 418 g/mol. The van der Waals surface area contributed by atoms with Gasteiger partial charge >= 0.3 is 0 Å². The van der Waals surface area contributed by atoms with Crippen molar-refractivity contribution in [3.8, 4) is 0 Å². The summed E-state index contributed by atoms with van der Waals surface area (Å²) in [4.78, 5) is 33.8. The molecule has 7 nitrogen and oxygen atoms in total. The molecule has 0 aliphatic heterocycles. The number of rotatable bonds is 5. The lowest BCUT2D eigenvalue weighted by molar-refractivity contribution is 0.101. The van der Waals surface area contributed by atoms with Crippen LogP contribution >= 0.6 is 0 Å². The summed E-state index contributed by atoms with van der Waals surface area (Å²) in [7, 11) is 1.70.